The van der Waals surface area contributed by atoms with E-state index in [0.717, 1.165) is 56.7 Å². The molecule has 2 aliphatic rings. The van der Waals surface area contributed by atoms with Crippen molar-refractivity contribution in [3.05, 3.63) is 40.7 Å². The van der Waals surface area contributed by atoms with Gasteiger partial charge in [-0.3, -0.25) is 4.98 Å². The van der Waals surface area contributed by atoms with Crippen LogP contribution < -0.4 is 10.6 Å². The van der Waals surface area contributed by atoms with Crippen LogP contribution in [0, 0.1) is 11.8 Å². The van der Waals surface area contributed by atoms with Crippen LogP contribution in [0.5, 0.6) is 0 Å². The molecule has 0 amide bonds. The van der Waals surface area contributed by atoms with Crippen molar-refractivity contribution in [3.8, 4) is 11.3 Å². The zero-order chi connectivity index (χ0) is 27.1. The van der Waals surface area contributed by atoms with E-state index in [9.17, 15) is 13.2 Å². The lowest BCUT2D eigenvalue weighted by molar-refractivity contribution is -0.137. The van der Waals surface area contributed by atoms with Gasteiger partial charge in [-0.15, -0.1) is 0 Å². The average molecular weight is 571 g/mol. The summed E-state index contributed by atoms with van der Waals surface area (Å²) in [5.74, 6) is 0.592. The molecule has 1 aliphatic heterocycles. The molecule has 1 saturated carbocycles. The third-order valence-corrected chi connectivity index (χ3v) is 7.87. The van der Waals surface area contributed by atoms with Crippen LogP contribution in [0.3, 0.4) is 0 Å². The van der Waals surface area contributed by atoms with Gasteiger partial charge < -0.3 is 20.1 Å². The Hall–Kier alpha value is -1.94. The third kappa shape index (κ3) is 9.03. The Morgan fingerprint density at radius 3 is 2.49 bits per heavy atom. The van der Waals surface area contributed by atoms with Gasteiger partial charge in [0.05, 0.1) is 22.9 Å². The summed E-state index contributed by atoms with van der Waals surface area (Å²) in [7, 11) is 1.72. The molecule has 39 heavy (non-hydrogen) atoms. The van der Waals surface area contributed by atoms with Crippen LogP contribution in [0.15, 0.2) is 24.4 Å². The van der Waals surface area contributed by atoms with Gasteiger partial charge in [-0.05, 0) is 81.9 Å². The highest BCUT2D eigenvalue weighted by Gasteiger charge is 2.35. The molecule has 0 aromatic carbocycles. The summed E-state index contributed by atoms with van der Waals surface area (Å²) >= 11 is 6.47. The molecule has 0 unspecified atom stereocenters. The Morgan fingerprint density at radius 1 is 1.10 bits per heavy atom. The summed E-state index contributed by atoms with van der Waals surface area (Å²) in [5.41, 5.74) is 1.11. The monoisotopic (exact) mass is 570 g/mol. The van der Waals surface area contributed by atoms with Crippen molar-refractivity contribution in [2.75, 3.05) is 38.8 Å². The van der Waals surface area contributed by atoms with Crippen LogP contribution in [-0.4, -0.2) is 55.5 Å². The molecule has 2 aromatic rings. The summed E-state index contributed by atoms with van der Waals surface area (Å²) in [6, 6.07) is 5.18. The predicted molar refractivity (Wildman–Crippen MR) is 150 cm³/mol. The van der Waals surface area contributed by atoms with E-state index in [-0.39, 0.29) is 19.2 Å². The molecule has 1 aliphatic carbocycles. The van der Waals surface area contributed by atoms with Crippen LogP contribution >= 0.6 is 11.6 Å². The number of ether oxygens (including phenoxy) is 2. The first-order chi connectivity index (χ1) is 18.2. The molecule has 2 fully saturated rings. The molecule has 2 aromatic heterocycles. The van der Waals surface area contributed by atoms with Gasteiger partial charge in [-0.2, -0.15) is 13.2 Å². The lowest BCUT2D eigenvalue weighted by Gasteiger charge is -2.31. The normalized spacial score (nSPS) is 21.3. The lowest BCUT2D eigenvalue weighted by atomic mass is 9.83. The van der Waals surface area contributed by atoms with E-state index < -0.39 is 11.7 Å². The predicted octanol–water partition coefficient (Wildman–Crippen LogP) is 7.02. The largest absolute Gasteiger partial charge is 0.419 e. The lowest BCUT2D eigenvalue weighted by Crippen LogP contribution is -2.41. The summed E-state index contributed by atoms with van der Waals surface area (Å²) in [4.78, 5) is 8.93. The maximum atomic E-state index is 13.7. The molecule has 6 nitrogen and oxygen atoms in total. The first-order valence-electron chi connectivity index (χ1n) is 13.5. The van der Waals surface area contributed by atoms with E-state index in [1.165, 1.54) is 6.07 Å². The van der Waals surface area contributed by atoms with E-state index in [4.69, 9.17) is 21.1 Å². The van der Waals surface area contributed by atoms with E-state index in [2.05, 4.69) is 27.5 Å². The van der Waals surface area contributed by atoms with Crippen LogP contribution in [0.25, 0.3) is 11.3 Å². The molecule has 218 valence electrons. The zero-order valence-corrected chi connectivity index (χ0v) is 22.9. The highest BCUT2D eigenvalue weighted by Crippen LogP contribution is 2.37. The maximum absolute atomic E-state index is 13.7. The van der Waals surface area contributed by atoms with Crippen LogP contribution in [0.4, 0.5) is 19.0 Å². The van der Waals surface area contributed by atoms with E-state index in [1.807, 2.05) is 6.07 Å². The van der Waals surface area contributed by atoms with E-state index in [0.29, 0.717) is 60.6 Å². The Bertz CT molecular complexity index is 1040. The number of nitrogens with one attached hydrogen (secondary N) is 2. The molecule has 1 saturated heterocycles. The number of rotatable bonds is 10. The molecule has 1 atom stereocenters. The number of anilines is 1. The van der Waals surface area contributed by atoms with E-state index in [1.54, 1.807) is 13.3 Å². The standard InChI is InChI=1S/C28H38ClF3N4O2.CH4/c1-18(17-37-2)35-21-5-3-19(4-6-21)13-22-14-23(25(29)16-33-22)26-8-7-24(28(30,31)32)27(36-26)34-15-20-9-11-38-12-10-20;/h7-8,14,16,18-21,35H,3-6,9-13,15,17H2,1-2H3,(H,34,36);1H4/t18-,19?,21?;/m1./s1. The molecule has 4 rings (SSSR count). The fourth-order valence-electron chi connectivity index (χ4n) is 5.48. The van der Waals surface area contributed by atoms with Gasteiger partial charge >= 0.3 is 6.18 Å². The minimum Gasteiger partial charge on any atom is -0.383 e. The fourth-order valence-corrected chi connectivity index (χ4v) is 5.68. The third-order valence-electron chi connectivity index (χ3n) is 7.57. The Labute approximate surface area is 235 Å². The molecular formula is C29H42ClF3N4O2. The number of alkyl halides is 3. The SMILES string of the molecule is C.COC[C@@H](C)NC1CCC(Cc2cc(-c3ccc(C(F)(F)F)c(NCC4CCOCC4)n3)c(Cl)cn2)CC1. The van der Waals surface area contributed by atoms with Crippen molar-refractivity contribution in [2.45, 2.75) is 77.6 Å². The summed E-state index contributed by atoms with van der Waals surface area (Å²) in [6.07, 6.45) is 3.90. The van der Waals surface area contributed by atoms with Crippen molar-refractivity contribution in [1.82, 2.24) is 15.3 Å². The van der Waals surface area contributed by atoms with Crippen molar-refractivity contribution >= 4 is 17.4 Å². The Balaban J connectivity index is 0.00000420. The van der Waals surface area contributed by atoms with Gasteiger partial charge in [-0.1, -0.05) is 19.0 Å². The van der Waals surface area contributed by atoms with Crippen LogP contribution in [-0.2, 0) is 22.1 Å². The van der Waals surface area contributed by atoms with E-state index >= 15 is 0 Å². The number of pyridine rings is 2. The number of aromatic nitrogens is 2. The quantitative estimate of drug-likeness (QED) is 0.320. The molecule has 0 radical (unpaired) electrons. The minimum atomic E-state index is -4.51. The topological polar surface area (TPSA) is 68.3 Å². The highest BCUT2D eigenvalue weighted by molar-refractivity contribution is 6.33. The highest BCUT2D eigenvalue weighted by atomic mass is 35.5. The first kappa shape index (κ1) is 31.6. The summed E-state index contributed by atoms with van der Waals surface area (Å²) in [6.45, 7) is 4.51. The number of hydrogen-bond donors (Lipinski definition) is 2. The number of hydrogen-bond acceptors (Lipinski definition) is 6. The summed E-state index contributed by atoms with van der Waals surface area (Å²) < 4.78 is 51.8. The van der Waals surface area contributed by atoms with Crippen molar-refractivity contribution in [2.24, 2.45) is 11.8 Å². The zero-order valence-electron chi connectivity index (χ0n) is 22.1. The number of halogens is 4. The second-order valence-electron chi connectivity index (χ2n) is 10.6. The van der Waals surface area contributed by atoms with Gasteiger partial charge in [0, 0.05) is 56.4 Å². The Morgan fingerprint density at radius 2 is 1.82 bits per heavy atom. The molecule has 10 heteroatoms. The van der Waals surface area contributed by atoms with Crippen LogP contribution in [0.1, 0.15) is 64.1 Å². The first-order valence-corrected chi connectivity index (χ1v) is 13.9. The molecule has 3 heterocycles. The van der Waals surface area contributed by atoms with Crippen molar-refractivity contribution < 1.29 is 22.6 Å². The molecule has 0 bridgehead atoms. The minimum absolute atomic E-state index is 0. The maximum Gasteiger partial charge on any atom is 0.419 e. The molecule has 2 N–H and O–H groups in total. The fraction of sp³-hybridized carbons (Fsp3) is 0.655. The van der Waals surface area contributed by atoms with Gasteiger partial charge in [0.15, 0.2) is 0 Å². The number of nitrogens with zero attached hydrogens (tertiary/aromatic N) is 2. The van der Waals surface area contributed by atoms with Gasteiger partial charge in [-0.25, -0.2) is 4.98 Å². The van der Waals surface area contributed by atoms with Crippen LogP contribution in [0.2, 0.25) is 5.02 Å². The van der Waals surface area contributed by atoms with Gasteiger partial charge in [0.2, 0.25) is 0 Å². The number of methoxy groups -OCH3 is 1. The van der Waals surface area contributed by atoms with Crippen molar-refractivity contribution in [3.63, 3.8) is 0 Å². The molecular weight excluding hydrogens is 529 g/mol. The second kappa shape index (κ2) is 14.6. The molecule has 0 spiro atoms. The van der Waals surface area contributed by atoms with Gasteiger partial charge in [0.1, 0.15) is 5.82 Å². The Kier molecular flexibility index (Phi) is 11.8. The second-order valence-corrected chi connectivity index (χ2v) is 11.0. The smallest absolute Gasteiger partial charge is 0.383 e. The van der Waals surface area contributed by atoms with Gasteiger partial charge in [0.25, 0.3) is 0 Å². The summed E-state index contributed by atoms with van der Waals surface area (Å²) in [5, 5.41) is 6.97. The van der Waals surface area contributed by atoms with Crippen molar-refractivity contribution in [1.29, 1.82) is 0 Å². The average Bonchev–Trinajstić information content (AvgIpc) is 2.90.